The summed E-state index contributed by atoms with van der Waals surface area (Å²) >= 11 is 0. The van der Waals surface area contributed by atoms with E-state index in [1.165, 1.54) is 6.07 Å². The molecular formula is C13H16FN3. The van der Waals surface area contributed by atoms with Gasteiger partial charge < -0.3 is 10.6 Å². The number of benzene rings is 1. The number of nitrogens with zero attached hydrogens (tertiary/aromatic N) is 1. The molecule has 1 atom stereocenters. The molecule has 0 saturated carbocycles. The lowest BCUT2D eigenvalue weighted by Crippen LogP contribution is -2.22. The zero-order valence-corrected chi connectivity index (χ0v) is 9.67. The van der Waals surface area contributed by atoms with Crippen molar-refractivity contribution in [2.75, 3.05) is 18.4 Å². The number of halogens is 1. The number of rotatable bonds is 2. The molecule has 1 aliphatic rings. The molecule has 90 valence electrons. The van der Waals surface area contributed by atoms with Gasteiger partial charge in [-0.2, -0.15) is 5.26 Å². The minimum atomic E-state index is -0.454. The lowest BCUT2D eigenvalue weighted by Gasteiger charge is -2.18. The van der Waals surface area contributed by atoms with Crippen molar-refractivity contribution in [3.05, 3.63) is 29.6 Å². The highest BCUT2D eigenvalue weighted by Gasteiger charge is 2.14. The Balaban J connectivity index is 2.12. The molecule has 2 N–H and O–H groups in total. The third kappa shape index (κ3) is 2.95. The van der Waals surface area contributed by atoms with E-state index in [0.29, 0.717) is 11.7 Å². The van der Waals surface area contributed by atoms with Gasteiger partial charge >= 0.3 is 0 Å². The third-order valence-corrected chi connectivity index (χ3v) is 3.06. The van der Waals surface area contributed by atoms with Crippen molar-refractivity contribution in [1.82, 2.24) is 5.32 Å². The molecule has 1 saturated heterocycles. The van der Waals surface area contributed by atoms with Gasteiger partial charge in [0.2, 0.25) is 0 Å². The van der Waals surface area contributed by atoms with Crippen molar-refractivity contribution in [2.24, 2.45) is 0 Å². The fourth-order valence-corrected chi connectivity index (χ4v) is 2.14. The molecule has 0 bridgehead atoms. The highest BCUT2D eigenvalue weighted by Crippen LogP contribution is 2.20. The molecule has 1 aromatic rings. The summed E-state index contributed by atoms with van der Waals surface area (Å²) in [6, 6.07) is 6.95. The Morgan fingerprint density at radius 3 is 3.06 bits per heavy atom. The second-order valence-electron chi connectivity index (χ2n) is 4.30. The average Bonchev–Trinajstić information content (AvgIpc) is 2.58. The Morgan fingerprint density at radius 1 is 1.35 bits per heavy atom. The molecule has 0 amide bonds. The Hall–Kier alpha value is -1.60. The minimum Gasteiger partial charge on any atom is -0.381 e. The maximum absolute atomic E-state index is 13.4. The highest BCUT2D eigenvalue weighted by molar-refractivity contribution is 5.58. The normalized spacial score (nSPS) is 20.4. The smallest absolute Gasteiger partial charge is 0.143 e. The summed E-state index contributed by atoms with van der Waals surface area (Å²) in [5.41, 5.74) is 0.726. The first-order chi connectivity index (χ1) is 8.31. The van der Waals surface area contributed by atoms with Crippen molar-refractivity contribution in [3.63, 3.8) is 0 Å². The van der Waals surface area contributed by atoms with Gasteiger partial charge in [-0.25, -0.2) is 4.39 Å². The number of hydrogen-bond donors (Lipinski definition) is 2. The van der Waals surface area contributed by atoms with Crippen LogP contribution < -0.4 is 10.6 Å². The van der Waals surface area contributed by atoms with Gasteiger partial charge in [-0.05, 0) is 44.5 Å². The fraction of sp³-hybridized carbons (Fsp3) is 0.462. The number of nitriles is 1. The van der Waals surface area contributed by atoms with Crippen LogP contribution in [-0.4, -0.2) is 19.1 Å². The first-order valence-corrected chi connectivity index (χ1v) is 5.97. The van der Waals surface area contributed by atoms with Crippen molar-refractivity contribution in [1.29, 1.82) is 5.26 Å². The van der Waals surface area contributed by atoms with E-state index in [1.54, 1.807) is 12.1 Å². The molecule has 1 aliphatic heterocycles. The predicted octanol–water partition coefficient (Wildman–Crippen LogP) is 2.25. The Kier molecular flexibility index (Phi) is 3.94. The van der Waals surface area contributed by atoms with Crippen LogP contribution in [0.4, 0.5) is 10.1 Å². The van der Waals surface area contributed by atoms with Gasteiger partial charge in [0.05, 0.1) is 5.69 Å². The zero-order valence-electron chi connectivity index (χ0n) is 9.67. The minimum absolute atomic E-state index is 0.115. The lowest BCUT2D eigenvalue weighted by molar-refractivity contribution is 0.618. The van der Waals surface area contributed by atoms with Crippen LogP contribution in [0.5, 0.6) is 0 Å². The van der Waals surface area contributed by atoms with Crippen LogP contribution >= 0.6 is 0 Å². The summed E-state index contributed by atoms with van der Waals surface area (Å²) in [5, 5.41) is 15.5. The molecule has 3 nitrogen and oxygen atoms in total. The van der Waals surface area contributed by atoms with E-state index in [4.69, 9.17) is 5.26 Å². The molecule has 4 heteroatoms. The molecule has 0 radical (unpaired) electrons. The van der Waals surface area contributed by atoms with Gasteiger partial charge in [0, 0.05) is 6.04 Å². The first kappa shape index (κ1) is 11.9. The molecule has 1 heterocycles. The van der Waals surface area contributed by atoms with E-state index < -0.39 is 5.82 Å². The summed E-state index contributed by atoms with van der Waals surface area (Å²) < 4.78 is 13.4. The second kappa shape index (κ2) is 5.65. The third-order valence-electron chi connectivity index (χ3n) is 3.06. The Morgan fingerprint density at radius 2 is 2.24 bits per heavy atom. The summed E-state index contributed by atoms with van der Waals surface area (Å²) in [6.45, 7) is 2.00. The zero-order chi connectivity index (χ0) is 12.1. The quantitative estimate of drug-likeness (QED) is 0.823. The predicted molar refractivity (Wildman–Crippen MR) is 65.2 cm³/mol. The molecule has 17 heavy (non-hydrogen) atoms. The first-order valence-electron chi connectivity index (χ1n) is 5.97. The van der Waals surface area contributed by atoms with E-state index in [1.807, 2.05) is 6.07 Å². The molecule has 2 rings (SSSR count). The number of nitrogens with one attached hydrogen (secondary N) is 2. The van der Waals surface area contributed by atoms with Gasteiger partial charge in [0.1, 0.15) is 17.4 Å². The molecule has 1 unspecified atom stereocenters. The van der Waals surface area contributed by atoms with E-state index in [-0.39, 0.29) is 5.56 Å². The van der Waals surface area contributed by atoms with Crippen molar-refractivity contribution in [2.45, 2.75) is 25.3 Å². The van der Waals surface area contributed by atoms with Crippen LogP contribution in [0.15, 0.2) is 18.2 Å². The summed E-state index contributed by atoms with van der Waals surface area (Å²) in [5.74, 6) is -0.454. The molecule has 1 aromatic carbocycles. The second-order valence-corrected chi connectivity index (χ2v) is 4.30. The summed E-state index contributed by atoms with van der Waals surface area (Å²) in [4.78, 5) is 0. The van der Waals surface area contributed by atoms with Crippen LogP contribution in [0.2, 0.25) is 0 Å². The van der Waals surface area contributed by atoms with Crippen molar-refractivity contribution in [3.8, 4) is 6.07 Å². The van der Waals surface area contributed by atoms with E-state index in [0.717, 1.165) is 32.4 Å². The largest absolute Gasteiger partial charge is 0.381 e. The number of hydrogen-bond acceptors (Lipinski definition) is 3. The van der Waals surface area contributed by atoms with Gasteiger partial charge in [0.15, 0.2) is 0 Å². The highest BCUT2D eigenvalue weighted by atomic mass is 19.1. The van der Waals surface area contributed by atoms with E-state index >= 15 is 0 Å². The Labute approximate surface area is 101 Å². The molecule has 0 aliphatic carbocycles. The van der Waals surface area contributed by atoms with Crippen molar-refractivity contribution < 1.29 is 4.39 Å². The molecule has 0 aromatic heterocycles. The maximum Gasteiger partial charge on any atom is 0.143 e. The van der Waals surface area contributed by atoms with Crippen LogP contribution in [0.1, 0.15) is 24.8 Å². The molecule has 0 spiro atoms. The van der Waals surface area contributed by atoms with Crippen LogP contribution in [0.3, 0.4) is 0 Å². The van der Waals surface area contributed by atoms with Gasteiger partial charge in [0.25, 0.3) is 0 Å². The van der Waals surface area contributed by atoms with Gasteiger partial charge in [-0.1, -0.05) is 6.07 Å². The molecular weight excluding hydrogens is 217 g/mol. The monoisotopic (exact) mass is 233 g/mol. The van der Waals surface area contributed by atoms with Crippen LogP contribution in [-0.2, 0) is 0 Å². The Bertz CT molecular complexity index is 417. The summed E-state index contributed by atoms with van der Waals surface area (Å²) in [6.07, 6.45) is 3.16. The van der Waals surface area contributed by atoms with E-state index in [2.05, 4.69) is 10.6 Å². The van der Waals surface area contributed by atoms with Gasteiger partial charge in [-0.15, -0.1) is 0 Å². The number of anilines is 1. The molecule has 1 fully saturated rings. The van der Waals surface area contributed by atoms with Crippen LogP contribution in [0, 0.1) is 17.1 Å². The lowest BCUT2D eigenvalue weighted by atomic mass is 10.1. The SMILES string of the molecule is N#Cc1c(F)cccc1NC1CCCNCC1. The van der Waals surface area contributed by atoms with Crippen molar-refractivity contribution >= 4 is 5.69 Å². The van der Waals surface area contributed by atoms with E-state index in [9.17, 15) is 4.39 Å². The average molecular weight is 233 g/mol. The topological polar surface area (TPSA) is 47.9 Å². The maximum atomic E-state index is 13.4. The van der Waals surface area contributed by atoms with Crippen LogP contribution in [0.25, 0.3) is 0 Å². The summed E-state index contributed by atoms with van der Waals surface area (Å²) in [7, 11) is 0. The van der Waals surface area contributed by atoms with Gasteiger partial charge in [-0.3, -0.25) is 0 Å². The standard InChI is InChI=1S/C13H16FN3/c14-12-4-1-5-13(11(12)9-15)17-10-3-2-7-16-8-6-10/h1,4-5,10,16-17H,2-3,6-8H2. The fourth-order valence-electron chi connectivity index (χ4n) is 2.14.